The van der Waals surface area contributed by atoms with Crippen molar-refractivity contribution in [2.45, 2.75) is 49.7 Å². The number of anilines is 2. The molecule has 1 aliphatic carbocycles. The number of nitrogens with one attached hydrogen (secondary N) is 3. The lowest BCUT2D eigenvalue weighted by atomic mass is 9.95. The number of pyridine rings is 3. The van der Waals surface area contributed by atoms with E-state index in [0.717, 1.165) is 22.8 Å². The first-order valence-electron chi connectivity index (χ1n) is 11.5. The molecule has 4 N–H and O–H groups in total. The lowest BCUT2D eigenvalue weighted by Gasteiger charge is -2.23. The highest BCUT2D eigenvalue weighted by Crippen LogP contribution is 2.29. The van der Waals surface area contributed by atoms with Crippen LogP contribution in [-0.2, 0) is 11.3 Å². The van der Waals surface area contributed by atoms with Crippen molar-refractivity contribution in [2.75, 3.05) is 23.5 Å². The van der Waals surface area contributed by atoms with Crippen molar-refractivity contribution in [2.24, 2.45) is 0 Å². The summed E-state index contributed by atoms with van der Waals surface area (Å²) in [6.07, 6.45) is 8.91. The van der Waals surface area contributed by atoms with Crippen molar-refractivity contribution >= 4 is 46.2 Å². The maximum atomic E-state index is 11.4. The molecule has 184 valence electrons. The minimum Gasteiger partial charge on any atom is -0.481 e. The molecule has 1 aliphatic heterocycles. The highest BCUT2D eigenvalue weighted by Gasteiger charge is 2.17. The Bertz CT molecular complexity index is 1200. The molecule has 10 nitrogen and oxygen atoms in total. The fourth-order valence-electron chi connectivity index (χ4n) is 4.02. The predicted molar refractivity (Wildman–Crippen MR) is 135 cm³/mol. The quantitative estimate of drug-likeness (QED) is 0.408. The summed E-state index contributed by atoms with van der Waals surface area (Å²) in [7, 11) is 1.49. The number of thioether (sulfide) groups is 1. The molecule has 1 saturated carbocycles. The average Bonchev–Trinajstić information content (AvgIpc) is 2.88. The highest BCUT2D eigenvalue weighted by molar-refractivity contribution is 8.00. The van der Waals surface area contributed by atoms with E-state index < -0.39 is 6.09 Å². The summed E-state index contributed by atoms with van der Waals surface area (Å²) in [5.74, 6) is 0.949. The Balaban J connectivity index is 0.000000168. The van der Waals surface area contributed by atoms with Crippen LogP contribution < -0.4 is 20.7 Å². The van der Waals surface area contributed by atoms with Gasteiger partial charge in [-0.3, -0.25) is 15.1 Å². The molecule has 2 amide bonds. The number of amides is 2. The standard InChI is InChI=1S/C14H19N3OS.C10H9N3O3/c18-13-9-19-14-12(17-13)6-10(8-16-14)7-15-11-4-2-1-3-5-11;1-16-8-3-2-6-9(13-8)7(4-5-11-6)12-10(14)15/h6,8,11,15H,1-5,7,9H2,(H,17,18);2-5H,1H3,(H,11,12)(H,14,15). The van der Waals surface area contributed by atoms with Gasteiger partial charge >= 0.3 is 6.09 Å². The minimum atomic E-state index is -1.14. The van der Waals surface area contributed by atoms with Crippen LogP contribution in [0.5, 0.6) is 5.88 Å². The largest absolute Gasteiger partial charge is 0.481 e. The SMILES string of the molecule is COc1ccc2nccc(NC(=O)O)c2n1.O=C1CSc2ncc(CNC3CCCCC3)cc2N1. The number of carbonyl (C=O) groups is 2. The van der Waals surface area contributed by atoms with Gasteiger partial charge in [0.25, 0.3) is 0 Å². The van der Waals surface area contributed by atoms with Gasteiger partial charge in [-0.15, -0.1) is 0 Å². The van der Waals surface area contributed by atoms with E-state index in [2.05, 4.69) is 30.9 Å². The Morgan fingerprint density at radius 2 is 2.06 bits per heavy atom. The first-order valence-corrected chi connectivity index (χ1v) is 12.4. The number of carbonyl (C=O) groups excluding carboxylic acids is 1. The Morgan fingerprint density at radius 3 is 2.83 bits per heavy atom. The fraction of sp³-hybridized carbons (Fsp3) is 0.375. The third-order valence-electron chi connectivity index (χ3n) is 5.73. The Hall–Kier alpha value is -3.44. The number of hydrogen-bond donors (Lipinski definition) is 4. The van der Waals surface area contributed by atoms with Crippen molar-refractivity contribution in [3.05, 3.63) is 42.2 Å². The van der Waals surface area contributed by atoms with E-state index in [1.54, 1.807) is 18.2 Å². The summed E-state index contributed by atoms with van der Waals surface area (Å²) in [6.45, 7) is 0.839. The molecule has 0 radical (unpaired) electrons. The Labute approximate surface area is 207 Å². The highest BCUT2D eigenvalue weighted by atomic mass is 32.2. The van der Waals surface area contributed by atoms with Crippen LogP contribution in [0, 0.1) is 0 Å². The lowest BCUT2D eigenvalue weighted by Crippen LogP contribution is -2.30. The molecule has 3 aromatic heterocycles. The molecule has 0 aromatic carbocycles. The summed E-state index contributed by atoms with van der Waals surface area (Å²) < 4.78 is 4.97. The number of rotatable bonds is 5. The van der Waals surface area contributed by atoms with Gasteiger partial charge in [-0.2, -0.15) is 0 Å². The molecule has 0 unspecified atom stereocenters. The summed E-state index contributed by atoms with van der Waals surface area (Å²) in [6, 6.07) is 7.62. The van der Waals surface area contributed by atoms with E-state index in [4.69, 9.17) is 9.84 Å². The Kier molecular flexibility index (Phi) is 8.32. The number of ether oxygens (including phenoxy) is 1. The smallest absolute Gasteiger partial charge is 0.409 e. The monoisotopic (exact) mass is 496 g/mol. The van der Waals surface area contributed by atoms with Gasteiger partial charge in [-0.1, -0.05) is 31.0 Å². The third-order valence-corrected chi connectivity index (χ3v) is 6.74. The van der Waals surface area contributed by atoms with Crippen molar-refractivity contribution in [1.82, 2.24) is 20.3 Å². The summed E-state index contributed by atoms with van der Waals surface area (Å²) >= 11 is 1.51. The van der Waals surface area contributed by atoms with Gasteiger partial charge in [-0.25, -0.2) is 14.8 Å². The molecule has 0 atom stereocenters. The minimum absolute atomic E-state index is 0.0664. The van der Waals surface area contributed by atoms with E-state index in [1.807, 2.05) is 12.3 Å². The second kappa shape index (κ2) is 11.8. The van der Waals surface area contributed by atoms with Crippen molar-refractivity contribution in [1.29, 1.82) is 0 Å². The number of aromatic nitrogens is 3. The van der Waals surface area contributed by atoms with Gasteiger partial charge in [0, 0.05) is 31.0 Å². The maximum absolute atomic E-state index is 11.4. The molecular formula is C24H28N6O4S. The van der Waals surface area contributed by atoms with Crippen molar-refractivity contribution in [3.8, 4) is 5.88 Å². The predicted octanol–water partition coefficient (Wildman–Crippen LogP) is 4.28. The molecule has 0 spiro atoms. The molecule has 4 heterocycles. The van der Waals surface area contributed by atoms with Crippen LogP contribution >= 0.6 is 11.8 Å². The molecule has 11 heteroatoms. The zero-order valence-corrected chi connectivity index (χ0v) is 20.2. The summed E-state index contributed by atoms with van der Waals surface area (Å²) in [5.41, 5.74) is 3.46. The lowest BCUT2D eigenvalue weighted by molar-refractivity contribution is -0.113. The molecule has 35 heavy (non-hydrogen) atoms. The summed E-state index contributed by atoms with van der Waals surface area (Å²) in [4.78, 5) is 34.6. The molecule has 0 saturated heterocycles. The second-order valence-corrected chi connectivity index (χ2v) is 9.22. The zero-order chi connectivity index (χ0) is 24.6. The second-order valence-electron chi connectivity index (χ2n) is 8.26. The third kappa shape index (κ3) is 6.80. The number of nitrogens with zero attached hydrogens (tertiary/aromatic N) is 3. The van der Waals surface area contributed by atoms with Gasteiger partial charge in [0.15, 0.2) is 0 Å². The van der Waals surface area contributed by atoms with Crippen LogP contribution in [0.25, 0.3) is 11.0 Å². The normalized spacial score (nSPS) is 15.4. The van der Waals surface area contributed by atoms with Gasteiger partial charge in [0.2, 0.25) is 11.8 Å². The van der Waals surface area contributed by atoms with E-state index in [9.17, 15) is 9.59 Å². The van der Waals surface area contributed by atoms with Gasteiger partial charge in [0.1, 0.15) is 10.5 Å². The van der Waals surface area contributed by atoms with Crippen LogP contribution in [-0.4, -0.2) is 51.0 Å². The first-order chi connectivity index (χ1) is 17.0. The van der Waals surface area contributed by atoms with Crippen LogP contribution in [0.4, 0.5) is 16.2 Å². The first kappa shape index (κ1) is 24.7. The number of carboxylic acid groups (broad SMARTS) is 1. The molecule has 5 rings (SSSR count). The fourth-order valence-corrected chi connectivity index (χ4v) is 4.76. The van der Waals surface area contributed by atoms with E-state index >= 15 is 0 Å². The van der Waals surface area contributed by atoms with Crippen molar-refractivity contribution in [3.63, 3.8) is 0 Å². The van der Waals surface area contributed by atoms with E-state index in [-0.39, 0.29) is 5.91 Å². The molecule has 1 fully saturated rings. The van der Waals surface area contributed by atoms with Gasteiger partial charge < -0.3 is 20.5 Å². The molecular weight excluding hydrogens is 468 g/mol. The van der Waals surface area contributed by atoms with Crippen LogP contribution in [0.3, 0.4) is 0 Å². The number of fused-ring (bicyclic) bond motifs is 2. The maximum Gasteiger partial charge on any atom is 0.409 e. The van der Waals surface area contributed by atoms with Crippen LogP contribution in [0.15, 0.2) is 41.7 Å². The van der Waals surface area contributed by atoms with Gasteiger partial charge in [-0.05, 0) is 36.6 Å². The van der Waals surface area contributed by atoms with Crippen molar-refractivity contribution < 1.29 is 19.4 Å². The molecule has 3 aromatic rings. The number of methoxy groups -OCH3 is 1. The topological polar surface area (TPSA) is 138 Å². The average molecular weight is 497 g/mol. The zero-order valence-electron chi connectivity index (χ0n) is 19.4. The summed E-state index contributed by atoms with van der Waals surface area (Å²) in [5, 5.41) is 18.3. The van der Waals surface area contributed by atoms with E-state index in [0.29, 0.717) is 34.4 Å². The van der Waals surface area contributed by atoms with Gasteiger partial charge in [0.05, 0.1) is 29.8 Å². The van der Waals surface area contributed by atoms with E-state index in [1.165, 1.54) is 57.2 Å². The molecule has 0 bridgehead atoms. The Morgan fingerprint density at radius 1 is 1.23 bits per heavy atom. The van der Waals surface area contributed by atoms with Crippen LogP contribution in [0.1, 0.15) is 37.7 Å². The van der Waals surface area contributed by atoms with Crippen LogP contribution in [0.2, 0.25) is 0 Å². The molecule has 2 aliphatic rings. The number of hydrogen-bond acceptors (Lipinski definition) is 8.